The molecular formula is C19H20INO3. The Balaban J connectivity index is 2.19. The summed E-state index contributed by atoms with van der Waals surface area (Å²) in [5.41, 5.74) is 3.53. The third-order valence-corrected chi connectivity index (χ3v) is 4.27. The second-order valence-corrected chi connectivity index (χ2v) is 7.01. The number of carbonyl (C=O) groups excluding carboxylic acids is 2. The van der Waals surface area contributed by atoms with Crippen LogP contribution >= 0.6 is 22.6 Å². The average Bonchev–Trinajstić information content (AvgIpc) is 2.52. The van der Waals surface area contributed by atoms with E-state index in [1.54, 1.807) is 0 Å². The minimum absolute atomic E-state index is 0.275. The van der Waals surface area contributed by atoms with Gasteiger partial charge in [0, 0.05) is 15.6 Å². The van der Waals surface area contributed by atoms with E-state index in [0.717, 1.165) is 20.3 Å². The number of benzene rings is 2. The molecule has 2 aromatic carbocycles. The topological polar surface area (TPSA) is 55.4 Å². The first-order chi connectivity index (χ1) is 11.4. The predicted molar refractivity (Wildman–Crippen MR) is 102 cm³/mol. The van der Waals surface area contributed by atoms with Gasteiger partial charge >= 0.3 is 5.97 Å². The number of carbonyl (C=O) groups is 2. The normalized spacial score (nSPS) is 11.7. The van der Waals surface area contributed by atoms with Crippen LogP contribution in [0.25, 0.3) is 0 Å². The van der Waals surface area contributed by atoms with Crippen LogP contribution < -0.4 is 5.32 Å². The molecule has 0 unspecified atom stereocenters. The molecule has 1 amide bonds. The van der Waals surface area contributed by atoms with Crippen LogP contribution in [0.15, 0.2) is 42.5 Å². The number of esters is 1. The van der Waals surface area contributed by atoms with E-state index in [9.17, 15) is 9.59 Å². The molecule has 0 saturated carbocycles. The molecule has 24 heavy (non-hydrogen) atoms. The van der Waals surface area contributed by atoms with Gasteiger partial charge in [-0.2, -0.15) is 0 Å². The number of methoxy groups -OCH3 is 1. The van der Waals surface area contributed by atoms with Gasteiger partial charge in [-0.25, -0.2) is 4.79 Å². The van der Waals surface area contributed by atoms with Crippen molar-refractivity contribution in [3.63, 3.8) is 0 Å². The molecule has 0 aliphatic carbocycles. The second-order valence-electron chi connectivity index (χ2n) is 5.76. The molecule has 1 atom stereocenters. The number of amides is 1. The number of nitrogens with one attached hydrogen (secondary N) is 1. The summed E-state index contributed by atoms with van der Waals surface area (Å²) in [7, 11) is 1.33. The Morgan fingerprint density at radius 2 is 1.79 bits per heavy atom. The third-order valence-electron chi connectivity index (χ3n) is 3.60. The highest BCUT2D eigenvalue weighted by Gasteiger charge is 2.23. The van der Waals surface area contributed by atoms with Crippen LogP contribution in [0, 0.1) is 17.4 Å². The number of hydrogen-bond acceptors (Lipinski definition) is 3. The van der Waals surface area contributed by atoms with Gasteiger partial charge in [0.1, 0.15) is 6.04 Å². The molecule has 1 N–H and O–H groups in total. The largest absolute Gasteiger partial charge is 0.467 e. The van der Waals surface area contributed by atoms with Gasteiger partial charge in [0.25, 0.3) is 5.91 Å². The van der Waals surface area contributed by atoms with Crippen molar-refractivity contribution in [2.75, 3.05) is 7.11 Å². The van der Waals surface area contributed by atoms with Crippen LogP contribution in [0.5, 0.6) is 0 Å². The molecule has 0 aliphatic rings. The van der Waals surface area contributed by atoms with E-state index in [-0.39, 0.29) is 5.91 Å². The van der Waals surface area contributed by atoms with Crippen molar-refractivity contribution in [1.82, 2.24) is 5.32 Å². The van der Waals surface area contributed by atoms with Gasteiger partial charge < -0.3 is 10.1 Å². The zero-order chi connectivity index (χ0) is 17.7. The van der Waals surface area contributed by atoms with Crippen LogP contribution in [-0.2, 0) is 16.0 Å². The molecule has 0 fully saturated rings. The molecular weight excluding hydrogens is 417 g/mol. The Labute approximate surface area is 155 Å². The molecule has 0 heterocycles. The van der Waals surface area contributed by atoms with Crippen molar-refractivity contribution in [3.05, 3.63) is 68.3 Å². The average molecular weight is 437 g/mol. The Kier molecular flexibility index (Phi) is 6.36. The van der Waals surface area contributed by atoms with Gasteiger partial charge in [-0.05, 0) is 66.3 Å². The maximum atomic E-state index is 12.5. The van der Waals surface area contributed by atoms with Crippen LogP contribution in [-0.4, -0.2) is 25.0 Å². The molecule has 5 heteroatoms. The van der Waals surface area contributed by atoms with Crippen LogP contribution in [0.3, 0.4) is 0 Å². The summed E-state index contributed by atoms with van der Waals surface area (Å²) in [6.07, 6.45) is 0.389. The molecule has 2 rings (SSSR count). The zero-order valence-corrected chi connectivity index (χ0v) is 16.1. The van der Waals surface area contributed by atoms with Gasteiger partial charge in [0.15, 0.2) is 0 Å². The van der Waals surface area contributed by atoms with Gasteiger partial charge in [-0.3, -0.25) is 4.79 Å². The molecule has 126 valence electrons. The van der Waals surface area contributed by atoms with E-state index in [1.165, 1.54) is 7.11 Å². The first kappa shape index (κ1) is 18.4. The summed E-state index contributed by atoms with van der Waals surface area (Å²) in [6, 6.07) is 12.7. The summed E-state index contributed by atoms with van der Waals surface area (Å²) in [4.78, 5) is 24.6. The lowest BCUT2D eigenvalue weighted by molar-refractivity contribution is -0.142. The minimum Gasteiger partial charge on any atom is -0.467 e. The lowest BCUT2D eigenvalue weighted by Gasteiger charge is -2.17. The number of halogens is 1. The second kappa shape index (κ2) is 8.28. The van der Waals surface area contributed by atoms with Gasteiger partial charge in [0.05, 0.1) is 7.11 Å². The van der Waals surface area contributed by atoms with Crippen molar-refractivity contribution in [2.24, 2.45) is 0 Å². The zero-order valence-electron chi connectivity index (χ0n) is 13.9. The van der Waals surface area contributed by atoms with Crippen molar-refractivity contribution < 1.29 is 14.3 Å². The molecule has 4 nitrogen and oxygen atoms in total. The van der Waals surface area contributed by atoms with Gasteiger partial charge in [-0.1, -0.05) is 29.3 Å². The van der Waals surface area contributed by atoms with Crippen LogP contribution in [0.4, 0.5) is 0 Å². The van der Waals surface area contributed by atoms with Crippen molar-refractivity contribution in [2.45, 2.75) is 26.3 Å². The maximum Gasteiger partial charge on any atom is 0.328 e. The molecule has 0 bridgehead atoms. The Morgan fingerprint density at radius 3 is 2.38 bits per heavy atom. The van der Waals surface area contributed by atoms with E-state index in [0.29, 0.717) is 12.0 Å². The lowest BCUT2D eigenvalue weighted by atomic mass is 10.0. The lowest BCUT2D eigenvalue weighted by Crippen LogP contribution is -2.43. The standard InChI is InChI=1S/C19H20INO3/c1-12-7-13(2)9-15(8-12)18(22)21-17(19(23)24-3)11-14-5-4-6-16(20)10-14/h4-10,17H,11H2,1-3H3,(H,21,22)/t17-/m0/s1. The monoisotopic (exact) mass is 437 g/mol. The quantitative estimate of drug-likeness (QED) is 0.576. The molecule has 0 spiro atoms. The van der Waals surface area contributed by atoms with E-state index in [4.69, 9.17) is 4.74 Å². The fraction of sp³-hybridized carbons (Fsp3) is 0.263. The molecule has 0 saturated heterocycles. The fourth-order valence-electron chi connectivity index (χ4n) is 2.58. The van der Waals surface area contributed by atoms with E-state index in [1.807, 2.05) is 56.3 Å². The number of aryl methyl sites for hydroxylation is 2. The molecule has 2 aromatic rings. The minimum atomic E-state index is -0.721. The smallest absolute Gasteiger partial charge is 0.328 e. The highest BCUT2D eigenvalue weighted by molar-refractivity contribution is 14.1. The van der Waals surface area contributed by atoms with E-state index >= 15 is 0 Å². The Hall–Kier alpha value is -1.89. The van der Waals surface area contributed by atoms with Crippen LogP contribution in [0.1, 0.15) is 27.0 Å². The SMILES string of the molecule is COC(=O)[C@H](Cc1cccc(I)c1)NC(=O)c1cc(C)cc(C)c1. The van der Waals surface area contributed by atoms with E-state index < -0.39 is 12.0 Å². The summed E-state index contributed by atoms with van der Waals surface area (Å²) in [6.45, 7) is 3.88. The first-order valence-electron chi connectivity index (χ1n) is 7.60. The predicted octanol–water partition coefficient (Wildman–Crippen LogP) is 3.42. The van der Waals surface area contributed by atoms with Crippen molar-refractivity contribution in [3.8, 4) is 0 Å². The highest BCUT2D eigenvalue weighted by atomic mass is 127. The summed E-state index contributed by atoms with van der Waals surface area (Å²) in [5, 5.41) is 2.79. The van der Waals surface area contributed by atoms with E-state index in [2.05, 4.69) is 27.9 Å². The Morgan fingerprint density at radius 1 is 1.12 bits per heavy atom. The molecule has 0 radical (unpaired) electrons. The van der Waals surface area contributed by atoms with Gasteiger partial charge in [0.2, 0.25) is 0 Å². The molecule has 0 aromatic heterocycles. The summed E-state index contributed by atoms with van der Waals surface area (Å²) < 4.78 is 5.92. The van der Waals surface area contributed by atoms with Crippen molar-refractivity contribution in [1.29, 1.82) is 0 Å². The molecule has 0 aliphatic heterocycles. The first-order valence-corrected chi connectivity index (χ1v) is 8.68. The number of rotatable bonds is 5. The Bertz CT molecular complexity index is 738. The maximum absolute atomic E-state index is 12.5. The summed E-state index contributed by atoms with van der Waals surface area (Å²) >= 11 is 2.22. The van der Waals surface area contributed by atoms with Crippen molar-refractivity contribution >= 4 is 34.5 Å². The number of ether oxygens (including phenoxy) is 1. The number of hydrogen-bond donors (Lipinski definition) is 1. The van der Waals surface area contributed by atoms with Crippen LogP contribution in [0.2, 0.25) is 0 Å². The highest BCUT2D eigenvalue weighted by Crippen LogP contribution is 2.12. The van der Waals surface area contributed by atoms with Gasteiger partial charge in [-0.15, -0.1) is 0 Å². The third kappa shape index (κ3) is 5.06. The fourth-order valence-corrected chi connectivity index (χ4v) is 3.19. The summed E-state index contributed by atoms with van der Waals surface area (Å²) in [5.74, 6) is -0.727.